The average Bonchev–Trinajstić information content (AvgIpc) is 2.16. The Labute approximate surface area is 96.4 Å². The Morgan fingerprint density at radius 3 is 2.19 bits per heavy atom. The summed E-state index contributed by atoms with van der Waals surface area (Å²) in [5.41, 5.74) is 2.35. The molecule has 0 amide bonds. The first-order valence-corrected chi connectivity index (χ1v) is 5.64. The van der Waals surface area contributed by atoms with Crippen molar-refractivity contribution >= 4 is 6.08 Å². The topological polar surface area (TPSA) is 29.4 Å². The van der Waals surface area contributed by atoms with Crippen molar-refractivity contribution in [3.63, 3.8) is 0 Å². The molecule has 0 atom stereocenters. The minimum absolute atomic E-state index is 0.283. The summed E-state index contributed by atoms with van der Waals surface area (Å²) in [7, 11) is 0. The summed E-state index contributed by atoms with van der Waals surface area (Å²) in [4.78, 5) is 14.6. The van der Waals surface area contributed by atoms with Crippen LogP contribution in [0.5, 0.6) is 0 Å². The molecule has 0 aromatic heterocycles. The molecular weight excluding hydrogens is 198 g/mol. The molecule has 0 unspecified atom stereocenters. The van der Waals surface area contributed by atoms with Gasteiger partial charge in [0.25, 0.3) is 0 Å². The van der Waals surface area contributed by atoms with Crippen molar-refractivity contribution < 1.29 is 4.79 Å². The van der Waals surface area contributed by atoms with Gasteiger partial charge in [-0.3, -0.25) is 0 Å². The molecule has 1 aliphatic carbocycles. The second-order valence-electron chi connectivity index (χ2n) is 5.62. The number of nitrogens with zero attached hydrogens (tertiary/aromatic N) is 1. The van der Waals surface area contributed by atoms with Gasteiger partial charge in [0.2, 0.25) is 6.08 Å². The largest absolute Gasteiger partial charge is 0.235 e. The maximum Gasteiger partial charge on any atom is 0.235 e. The molecule has 0 heterocycles. The Hall–Kier alpha value is -1.40. The predicted molar refractivity (Wildman–Crippen MR) is 64.0 cm³/mol. The van der Waals surface area contributed by atoms with Gasteiger partial charge in [-0.05, 0) is 30.7 Å². The molecule has 0 bridgehead atoms. The van der Waals surface area contributed by atoms with Gasteiger partial charge in [-0.2, -0.15) is 4.99 Å². The van der Waals surface area contributed by atoms with E-state index in [1.165, 1.54) is 5.56 Å². The number of benzene rings is 1. The van der Waals surface area contributed by atoms with E-state index in [9.17, 15) is 4.79 Å². The number of carbonyl (C=O) groups excluding carboxylic acids is 1. The van der Waals surface area contributed by atoms with Crippen LogP contribution in [0.2, 0.25) is 0 Å². The number of hydrogen-bond acceptors (Lipinski definition) is 2. The van der Waals surface area contributed by atoms with E-state index in [1.807, 2.05) is 0 Å². The van der Waals surface area contributed by atoms with Crippen LogP contribution in [-0.2, 0) is 10.3 Å². The first-order chi connectivity index (χ1) is 7.47. The standard InChI is InChI=1S/C14H17NO/c1-11-4-6-12(7-5-11)14(15-10-16)8-13(2,3)9-14/h4-7H,8-9H2,1-3H3. The molecule has 1 aromatic carbocycles. The van der Waals surface area contributed by atoms with E-state index in [1.54, 1.807) is 6.08 Å². The van der Waals surface area contributed by atoms with E-state index in [-0.39, 0.29) is 11.0 Å². The molecule has 1 aromatic rings. The third-order valence-corrected chi connectivity index (χ3v) is 3.39. The van der Waals surface area contributed by atoms with E-state index in [2.05, 4.69) is 50.0 Å². The van der Waals surface area contributed by atoms with Crippen LogP contribution in [0.25, 0.3) is 0 Å². The van der Waals surface area contributed by atoms with Gasteiger partial charge >= 0.3 is 0 Å². The lowest BCUT2D eigenvalue weighted by molar-refractivity contribution is 0.0639. The Morgan fingerprint density at radius 1 is 1.19 bits per heavy atom. The summed E-state index contributed by atoms with van der Waals surface area (Å²) < 4.78 is 0. The third kappa shape index (κ3) is 1.81. The highest BCUT2D eigenvalue weighted by Crippen LogP contribution is 2.55. The van der Waals surface area contributed by atoms with Crippen molar-refractivity contribution in [3.8, 4) is 0 Å². The van der Waals surface area contributed by atoms with Gasteiger partial charge in [0.05, 0.1) is 5.54 Å². The maximum atomic E-state index is 10.6. The molecule has 0 N–H and O–H groups in total. The van der Waals surface area contributed by atoms with Crippen molar-refractivity contribution in [2.45, 2.75) is 39.2 Å². The molecule has 1 saturated carbocycles. The van der Waals surface area contributed by atoms with Crippen molar-refractivity contribution in [1.82, 2.24) is 0 Å². The number of aryl methyl sites for hydroxylation is 1. The Bertz CT molecular complexity index is 430. The Kier molecular flexibility index (Phi) is 2.47. The van der Waals surface area contributed by atoms with Crippen LogP contribution in [0.1, 0.15) is 37.8 Å². The molecule has 16 heavy (non-hydrogen) atoms. The molecule has 0 spiro atoms. The zero-order valence-corrected chi connectivity index (χ0v) is 10.1. The van der Waals surface area contributed by atoms with Crippen LogP contribution >= 0.6 is 0 Å². The normalized spacial score (nSPS) is 20.7. The third-order valence-electron chi connectivity index (χ3n) is 3.39. The zero-order chi connectivity index (χ0) is 11.8. The molecule has 1 aliphatic rings. The van der Waals surface area contributed by atoms with Crippen molar-refractivity contribution in [3.05, 3.63) is 35.4 Å². The average molecular weight is 215 g/mol. The molecule has 0 radical (unpaired) electrons. The van der Waals surface area contributed by atoms with Crippen molar-refractivity contribution in [1.29, 1.82) is 0 Å². The fourth-order valence-electron chi connectivity index (χ4n) is 2.83. The Morgan fingerprint density at radius 2 is 1.75 bits per heavy atom. The lowest BCUT2D eigenvalue weighted by atomic mass is 9.57. The molecule has 2 rings (SSSR count). The van der Waals surface area contributed by atoms with Crippen molar-refractivity contribution in [2.24, 2.45) is 10.4 Å². The second-order valence-corrected chi connectivity index (χ2v) is 5.62. The molecule has 2 nitrogen and oxygen atoms in total. The fraction of sp³-hybridized carbons (Fsp3) is 0.500. The highest BCUT2D eigenvalue weighted by molar-refractivity contribution is 5.41. The van der Waals surface area contributed by atoms with Crippen LogP contribution in [0.4, 0.5) is 0 Å². The quantitative estimate of drug-likeness (QED) is 0.549. The highest BCUT2D eigenvalue weighted by atomic mass is 16.1. The summed E-state index contributed by atoms with van der Waals surface area (Å²) in [5, 5.41) is 0. The van der Waals surface area contributed by atoms with E-state index >= 15 is 0 Å². The van der Waals surface area contributed by atoms with Crippen LogP contribution in [-0.4, -0.2) is 6.08 Å². The number of hydrogen-bond donors (Lipinski definition) is 0. The molecule has 0 aliphatic heterocycles. The molecule has 2 heteroatoms. The lowest BCUT2D eigenvalue weighted by Gasteiger charge is -2.50. The van der Waals surface area contributed by atoms with E-state index in [0.29, 0.717) is 0 Å². The van der Waals surface area contributed by atoms with Gasteiger partial charge in [-0.15, -0.1) is 0 Å². The first-order valence-electron chi connectivity index (χ1n) is 5.64. The summed E-state index contributed by atoms with van der Waals surface area (Å²) in [6.45, 7) is 6.48. The van der Waals surface area contributed by atoms with E-state index < -0.39 is 0 Å². The maximum absolute atomic E-state index is 10.6. The number of aliphatic imine (C=N–C) groups is 1. The highest BCUT2D eigenvalue weighted by Gasteiger charge is 2.50. The molecule has 1 fully saturated rings. The van der Waals surface area contributed by atoms with Crippen molar-refractivity contribution in [2.75, 3.05) is 0 Å². The summed E-state index contributed by atoms with van der Waals surface area (Å²) in [6, 6.07) is 8.29. The summed E-state index contributed by atoms with van der Waals surface area (Å²) in [5.74, 6) is 0. The summed E-state index contributed by atoms with van der Waals surface area (Å²) >= 11 is 0. The monoisotopic (exact) mass is 215 g/mol. The SMILES string of the molecule is Cc1ccc(C2(N=C=O)CC(C)(C)C2)cc1. The van der Waals surface area contributed by atoms with Crippen LogP contribution < -0.4 is 0 Å². The van der Waals surface area contributed by atoms with Crippen LogP contribution in [0.15, 0.2) is 29.3 Å². The number of rotatable bonds is 2. The second kappa shape index (κ2) is 3.57. The van der Waals surface area contributed by atoms with Gasteiger partial charge < -0.3 is 0 Å². The predicted octanol–water partition coefficient (Wildman–Crippen LogP) is 3.35. The molecule has 84 valence electrons. The van der Waals surface area contributed by atoms with Gasteiger partial charge in [-0.25, -0.2) is 4.79 Å². The van der Waals surface area contributed by atoms with Gasteiger partial charge in [0.15, 0.2) is 0 Å². The molecule has 0 saturated heterocycles. The first kappa shape index (κ1) is 11.1. The molecular formula is C14H17NO. The number of isocyanates is 1. The zero-order valence-electron chi connectivity index (χ0n) is 10.1. The van der Waals surface area contributed by atoms with Crippen LogP contribution in [0, 0.1) is 12.3 Å². The lowest BCUT2D eigenvalue weighted by Crippen LogP contribution is -2.45. The van der Waals surface area contributed by atoms with Gasteiger partial charge in [-0.1, -0.05) is 43.7 Å². The summed E-state index contributed by atoms with van der Waals surface area (Å²) in [6.07, 6.45) is 3.59. The van der Waals surface area contributed by atoms with Crippen LogP contribution in [0.3, 0.4) is 0 Å². The minimum atomic E-state index is -0.307. The Balaban J connectivity index is 2.35. The smallest absolute Gasteiger partial charge is 0.211 e. The van der Waals surface area contributed by atoms with E-state index in [0.717, 1.165) is 18.4 Å². The fourth-order valence-corrected chi connectivity index (χ4v) is 2.83. The van der Waals surface area contributed by atoms with Gasteiger partial charge in [0, 0.05) is 0 Å². The van der Waals surface area contributed by atoms with Gasteiger partial charge in [0.1, 0.15) is 0 Å². The minimum Gasteiger partial charge on any atom is -0.211 e. The van der Waals surface area contributed by atoms with E-state index in [4.69, 9.17) is 0 Å².